The fourth-order valence-electron chi connectivity index (χ4n) is 2.81. The van der Waals surface area contributed by atoms with Gasteiger partial charge in [0.25, 0.3) is 15.9 Å². The van der Waals surface area contributed by atoms with Crippen LogP contribution in [-0.4, -0.2) is 26.5 Å². The minimum absolute atomic E-state index is 0.229. The predicted octanol–water partition coefficient (Wildman–Crippen LogP) is 3.42. The predicted molar refractivity (Wildman–Crippen MR) is 137 cm³/mol. The summed E-state index contributed by atoms with van der Waals surface area (Å²) < 4.78 is 32.3. The van der Waals surface area contributed by atoms with Crippen LogP contribution < -0.4 is 25.6 Å². The first-order chi connectivity index (χ1) is 16.3. The van der Waals surface area contributed by atoms with Crippen LogP contribution in [0.4, 0.5) is 5.69 Å². The van der Waals surface area contributed by atoms with Gasteiger partial charge in [-0.2, -0.15) is 0 Å². The highest BCUT2D eigenvalue weighted by molar-refractivity contribution is 7.95. The zero-order valence-electron chi connectivity index (χ0n) is 18.3. The van der Waals surface area contributed by atoms with E-state index in [0.717, 1.165) is 22.3 Å². The van der Waals surface area contributed by atoms with Crippen LogP contribution in [-0.2, 0) is 16.6 Å². The second kappa shape index (κ2) is 11.8. The average Bonchev–Trinajstić information content (AvgIpc) is 2.85. The number of rotatable bonds is 8. The topological polar surface area (TPSA) is 109 Å². The fourth-order valence-corrected chi connectivity index (χ4v) is 3.79. The van der Waals surface area contributed by atoms with Crippen LogP contribution in [0.15, 0.2) is 84.3 Å². The maximum Gasteiger partial charge on any atom is 0.269 e. The van der Waals surface area contributed by atoms with Crippen molar-refractivity contribution in [2.45, 2.75) is 6.54 Å². The van der Waals surface area contributed by atoms with Gasteiger partial charge in [0.05, 0.1) is 12.5 Å². The molecule has 0 aliphatic rings. The number of carbonyl (C=O) groups is 1. The maximum atomic E-state index is 12.5. The van der Waals surface area contributed by atoms with Crippen LogP contribution in [0.3, 0.4) is 0 Å². The summed E-state index contributed by atoms with van der Waals surface area (Å²) in [5, 5.41) is 4.28. The summed E-state index contributed by atoms with van der Waals surface area (Å²) in [5.74, 6) is 0.280. The average molecular weight is 497 g/mol. The van der Waals surface area contributed by atoms with Crippen molar-refractivity contribution >= 4 is 45.0 Å². The molecule has 34 heavy (non-hydrogen) atoms. The first-order valence-electron chi connectivity index (χ1n) is 10.2. The Kier molecular flexibility index (Phi) is 8.60. The molecule has 0 radical (unpaired) electrons. The highest BCUT2D eigenvalue weighted by atomic mass is 32.2. The number of carbonyl (C=O) groups excluding carboxylic acids is 1. The molecule has 0 heterocycles. The third kappa shape index (κ3) is 7.91. The summed E-state index contributed by atoms with van der Waals surface area (Å²) in [6, 6.07) is 22.7. The first kappa shape index (κ1) is 24.7. The zero-order chi connectivity index (χ0) is 24.4. The molecule has 0 atom stereocenters. The van der Waals surface area contributed by atoms with E-state index in [4.69, 9.17) is 17.0 Å². The molecule has 0 aliphatic carbocycles. The van der Waals surface area contributed by atoms with Gasteiger partial charge in [0.15, 0.2) is 5.11 Å². The van der Waals surface area contributed by atoms with Crippen molar-refractivity contribution in [3.8, 4) is 5.75 Å². The van der Waals surface area contributed by atoms with Gasteiger partial charge in [-0.25, -0.2) is 8.42 Å². The molecule has 3 aromatic rings. The van der Waals surface area contributed by atoms with E-state index >= 15 is 0 Å². The molecule has 0 aliphatic heterocycles. The number of anilines is 1. The molecule has 0 aromatic heterocycles. The molecule has 176 valence electrons. The van der Waals surface area contributed by atoms with Crippen molar-refractivity contribution < 1.29 is 17.9 Å². The largest absolute Gasteiger partial charge is 0.497 e. The lowest BCUT2D eigenvalue weighted by Gasteiger charge is -2.12. The van der Waals surface area contributed by atoms with Crippen LogP contribution in [0, 0.1) is 0 Å². The molecular formula is C24H24N4O4S2. The van der Waals surface area contributed by atoms with Gasteiger partial charge in [-0.3, -0.25) is 20.4 Å². The van der Waals surface area contributed by atoms with Gasteiger partial charge in [-0.05, 0) is 59.8 Å². The SMILES string of the molecule is COc1ccc(CNC(=S)NNC(=O)c2cccc(NS(=O)(=O)C=Cc3ccccc3)c2)cc1. The molecule has 3 rings (SSSR count). The van der Waals surface area contributed by atoms with E-state index in [-0.39, 0.29) is 16.4 Å². The number of hydrogen-bond acceptors (Lipinski definition) is 5. The Morgan fingerprint density at radius 1 is 0.971 bits per heavy atom. The lowest BCUT2D eigenvalue weighted by molar-refractivity contribution is 0.0943. The van der Waals surface area contributed by atoms with E-state index in [1.807, 2.05) is 42.5 Å². The number of sulfonamides is 1. The highest BCUT2D eigenvalue weighted by Crippen LogP contribution is 2.14. The van der Waals surface area contributed by atoms with Crippen LogP contribution in [0.1, 0.15) is 21.5 Å². The summed E-state index contributed by atoms with van der Waals surface area (Å²) in [6.07, 6.45) is 1.49. The number of amides is 1. The second-order valence-corrected chi connectivity index (χ2v) is 9.03. The maximum absolute atomic E-state index is 12.5. The smallest absolute Gasteiger partial charge is 0.269 e. The number of ether oxygens (including phenoxy) is 1. The minimum atomic E-state index is -3.76. The van der Waals surface area contributed by atoms with Crippen molar-refractivity contribution in [3.05, 3.63) is 101 Å². The van der Waals surface area contributed by atoms with Gasteiger partial charge in [-0.15, -0.1) is 0 Å². The molecule has 0 saturated carbocycles. The standard InChI is InChI=1S/C24H24N4O4S2/c1-32-22-12-10-19(11-13-22)17-25-24(33)27-26-23(29)20-8-5-9-21(16-20)28-34(30,31)15-14-18-6-3-2-4-7-18/h2-16,28H,17H2,1H3,(H,26,29)(H2,25,27,33). The molecule has 0 spiro atoms. The van der Waals surface area contributed by atoms with Crippen molar-refractivity contribution in [2.24, 2.45) is 0 Å². The Morgan fingerprint density at radius 2 is 1.71 bits per heavy atom. The lowest BCUT2D eigenvalue weighted by atomic mass is 10.2. The normalized spacial score (nSPS) is 11.0. The molecule has 0 bridgehead atoms. The van der Waals surface area contributed by atoms with Crippen molar-refractivity contribution in [1.29, 1.82) is 0 Å². The number of hydrogen-bond donors (Lipinski definition) is 4. The van der Waals surface area contributed by atoms with Crippen LogP contribution in [0.2, 0.25) is 0 Å². The summed E-state index contributed by atoms with van der Waals surface area (Å²) in [4.78, 5) is 12.5. The van der Waals surface area contributed by atoms with Gasteiger partial charge >= 0.3 is 0 Å². The minimum Gasteiger partial charge on any atom is -0.497 e. The summed E-state index contributed by atoms with van der Waals surface area (Å²) >= 11 is 5.18. The molecule has 10 heteroatoms. The van der Waals surface area contributed by atoms with E-state index in [9.17, 15) is 13.2 Å². The van der Waals surface area contributed by atoms with Crippen molar-refractivity contribution in [2.75, 3.05) is 11.8 Å². The molecular weight excluding hydrogens is 472 g/mol. The van der Waals surface area contributed by atoms with Crippen molar-refractivity contribution in [3.63, 3.8) is 0 Å². The Hall–Kier alpha value is -3.89. The quantitative estimate of drug-likeness (QED) is 0.280. The summed E-state index contributed by atoms with van der Waals surface area (Å²) in [7, 11) is -2.16. The summed E-state index contributed by atoms with van der Waals surface area (Å²) in [5.41, 5.74) is 7.35. The van der Waals surface area contributed by atoms with E-state index in [1.165, 1.54) is 12.1 Å². The third-order valence-corrected chi connectivity index (χ3v) is 5.79. The van der Waals surface area contributed by atoms with Gasteiger partial charge in [0.2, 0.25) is 0 Å². The zero-order valence-corrected chi connectivity index (χ0v) is 19.9. The fraction of sp³-hybridized carbons (Fsp3) is 0.0833. The monoisotopic (exact) mass is 496 g/mol. The Balaban J connectivity index is 1.51. The molecule has 0 unspecified atom stereocenters. The van der Waals surface area contributed by atoms with Crippen LogP contribution in [0.25, 0.3) is 6.08 Å². The molecule has 0 saturated heterocycles. The molecule has 8 nitrogen and oxygen atoms in total. The van der Waals surface area contributed by atoms with Crippen LogP contribution >= 0.6 is 12.2 Å². The molecule has 4 N–H and O–H groups in total. The Bertz CT molecular complexity index is 1260. The molecule has 1 amide bonds. The van der Waals surface area contributed by atoms with E-state index < -0.39 is 15.9 Å². The van der Waals surface area contributed by atoms with Gasteiger partial charge < -0.3 is 10.1 Å². The number of thiocarbonyl (C=S) groups is 1. The Labute approximate surface area is 204 Å². The number of hydrazine groups is 1. The number of benzene rings is 3. The van der Waals surface area contributed by atoms with E-state index in [1.54, 1.807) is 37.4 Å². The van der Waals surface area contributed by atoms with E-state index in [0.29, 0.717) is 6.54 Å². The number of nitrogens with one attached hydrogen (secondary N) is 4. The second-order valence-electron chi connectivity index (χ2n) is 7.05. The first-order valence-corrected chi connectivity index (χ1v) is 12.1. The van der Waals surface area contributed by atoms with Gasteiger partial charge in [0.1, 0.15) is 5.75 Å². The third-order valence-electron chi connectivity index (χ3n) is 4.53. The lowest BCUT2D eigenvalue weighted by Crippen LogP contribution is -2.46. The summed E-state index contributed by atoms with van der Waals surface area (Å²) in [6.45, 7) is 0.458. The van der Waals surface area contributed by atoms with Crippen molar-refractivity contribution in [1.82, 2.24) is 16.2 Å². The Morgan fingerprint density at radius 3 is 2.41 bits per heavy atom. The van der Waals surface area contributed by atoms with Gasteiger partial charge in [0, 0.05) is 17.8 Å². The van der Waals surface area contributed by atoms with Crippen LogP contribution in [0.5, 0.6) is 5.75 Å². The molecule has 3 aromatic carbocycles. The highest BCUT2D eigenvalue weighted by Gasteiger charge is 2.10. The number of methoxy groups -OCH3 is 1. The molecule has 0 fully saturated rings. The van der Waals surface area contributed by atoms with E-state index in [2.05, 4.69) is 20.9 Å². The van der Waals surface area contributed by atoms with Gasteiger partial charge in [-0.1, -0.05) is 48.5 Å².